The Balaban J connectivity index is 1.82. The van der Waals surface area contributed by atoms with E-state index in [1.54, 1.807) is 6.92 Å². The van der Waals surface area contributed by atoms with Gasteiger partial charge >= 0.3 is 0 Å². The molecule has 3 rings (SSSR count). The zero-order chi connectivity index (χ0) is 14.7. The molecular weight excluding hydrogens is 260 g/mol. The molecule has 1 N–H and O–H groups in total. The molecule has 0 spiro atoms. The van der Waals surface area contributed by atoms with Gasteiger partial charge in [-0.3, -0.25) is 0 Å². The molecule has 3 aromatic rings. The van der Waals surface area contributed by atoms with Gasteiger partial charge in [0.1, 0.15) is 11.5 Å². The van der Waals surface area contributed by atoms with Gasteiger partial charge in [0, 0.05) is 12.0 Å². The molecule has 0 radical (unpaired) electrons. The van der Waals surface area contributed by atoms with Gasteiger partial charge in [0.15, 0.2) is 0 Å². The van der Waals surface area contributed by atoms with E-state index >= 15 is 0 Å². The molecule has 2 nitrogen and oxygen atoms in total. The van der Waals surface area contributed by atoms with Gasteiger partial charge in [-0.2, -0.15) is 0 Å². The minimum Gasteiger partial charge on any atom is -0.461 e. The van der Waals surface area contributed by atoms with Crippen LogP contribution < -0.4 is 0 Å². The quantitative estimate of drug-likeness (QED) is 0.760. The molecule has 21 heavy (non-hydrogen) atoms. The summed E-state index contributed by atoms with van der Waals surface area (Å²) in [5, 5.41) is 9.39. The SMILES string of the molecule is CC(O)Cc1ccc(-c2ccc(-c3ccccc3)cc2)o1. The second kappa shape index (κ2) is 5.98. The Bertz CT molecular complexity index is 694. The van der Waals surface area contributed by atoms with Crippen LogP contribution in [0.15, 0.2) is 71.1 Å². The van der Waals surface area contributed by atoms with Crippen molar-refractivity contribution in [1.82, 2.24) is 0 Å². The molecule has 1 aromatic heterocycles. The molecule has 0 fully saturated rings. The van der Waals surface area contributed by atoms with Crippen molar-refractivity contribution < 1.29 is 9.52 Å². The largest absolute Gasteiger partial charge is 0.461 e. The summed E-state index contributed by atoms with van der Waals surface area (Å²) in [6, 6.07) is 22.5. The smallest absolute Gasteiger partial charge is 0.134 e. The van der Waals surface area contributed by atoms with Gasteiger partial charge < -0.3 is 9.52 Å². The Morgan fingerprint density at radius 3 is 2.10 bits per heavy atom. The molecule has 0 aliphatic carbocycles. The highest BCUT2D eigenvalue weighted by atomic mass is 16.3. The molecular formula is C19H18O2. The fraction of sp³-hybridized carbons (Fsp3) is 0.158. The summed E-state index contributed by atoms with van der Waals surface area (Å²) in [7, 11) is 0. The number of rotatable bonds is 4. The molecule has 1 atom stereocenters. The lowest BCUT2D eigenvalue weighted by atomic mass is 10.0. The predicted molar refractivity (Wildman–Crippen MR) is 85.0 cm³/mol. The normalized spacial score (nSPS) is 12.3. The van der Waals surface area contributed by atoms with E-state index in [2.05, 4.69) is 36.4 Å². The summed E-state index contributed by atoms with van der Waals surface area (Å²) in [6.07, 6.45) is 0.159. The molecule has 1 unspecified atom stereocenters. The Morgan fingerprint density at radius 2 is 1.43 bits per heavy atom. The third kappa shape index (κ3) is 3.23. The molecule has 2 aromatic carbocycles. The standard InChI is InChI=1S/C19H18O2/c1-14(20)13-18-11-12-19(21-18)17-9-7-16(8-10-17)15-5-3-2-4-6-15/h2-12,14,20H,13H2,1H3. The van der Waals surface area contributed by atoms with Crippen molar-refractivity contribution >= 4 is 0 Å². The lowest BCUT2D eigenvalue weighted by Crippen LogP contribution is -2.02. The van der Waals surface area contributed by atoms with E-state index < -0.39 is 0 Å². The molecule has 1 heterocycles. The molecule has 0 aliphatic heterocycles. The first-order valence-electron chi connectivity index (χ1n) is 7.15. The maximum absolute atomic E-state index is 9.39. The molecule has 0 amide bonds. The van der Waals surface area contributed by atoms with Gasteiger partial charge in [0.25, 0.3) is 0 Å². The van der Waals surface area contributed by atoms with Gasteiger partial charge in [-0.05, 0) is 30.2 Å². The van der Waals surface area contributed by atoms with Crippen molar-refractivity contribution in [2.75, 3.05) is 0 Å². The Labute approximate surface area is 124 Å². The number of benzene rings is 2. The average molecular weight is 278 g/mol. The van der Waals surface area contributed by atoms with E-state index in [4.69, 9.17) is 4.42 Å². The lowest BCUT2D eigenvalue weighted by Gasteiger charge is -2.03. The summed E-state index contributed by atoms with van der Waals surface area (Å²) < 4.78 is 5.77. The Hall–Kier alpha value is -2.32. The third-order valence-corrected chi connectivity index (χ3v) is 3.43. The molecule has 106 valence electrons. The number of aliphatic hydroxyl groups excluding tert-OH is 1. The van der Waals surface area contributed by atoms with Crippen LogP contribution in [0.5, 0.6) is 0 Å². The number of hydrogen-bond acceptors (Lipinski definition) is 2. The minimum atomic E-state index is -0.385. The van der Waals surface area contributed by atoms with Crippen molar-refractivity contribution in [2.45, 2.75) is 19.4 Å². The highest BCUT2D eigenvalue weighted by Gasteiger charge is 2.07. The van der Waals surface area contributed by atoms with E-state index in [1.807, 2.05) is 30.3 Å². The van der Waals surface area contributed by atoms with Crippen LogP contribution in [0.3, 0.4) is 0 Å². The highest BCUT2D eigenvalue weighted by Crippen LogP contribution is 2.26. The maximum atomic E-state index is 9.39. The molecule has 0 saturated carbocycles. The number of furan rings is 1. The fourth-order valence-electron chi connectivity index (χ4n) is 2.39. The van der Waals surface area contributed by atoms with Crippen molar-refractivity contribution in [3.8, 4) is 22.5 Å². The van der Waals surface area contributed by atoms with E-state index in [0.717, 1.165) is 17.1 Å². The zero-order valence-electron chi connectivity index (χ0n) is 12.0. The molecule has 0 aliphatic rings. The lowest BCUT2D eigenvalue weighted by molar-refractivity contribution is 0.187. The zero-order valence-corrected chi connectivity index (χ0v) is 12.0. The average Bonchev–Trinajstić information content (AvgIpc) is 2.96. The van der Waals surface area contributed by atoms with Gasteiger partial charge in [0.2, 0.25) is 0 Å². The highest BCUT2D eigenvalue weighted by molar-refractivity contribution is 5.68. The van der Waals surface area contributed by atoms with Gasteiger partial charge in [-0.25, -0.2) is 0 Å². The Morgan fingerprint density at radius 1 is 0.810 bits per heavy atom. The van der Waals surface area contributed by atoms with E-state index in [9.17, 15) is 5.11 Å². The summed E-state index contributed by atoms with van der Waals surface area (Å²) in [6.45, 7) is 1.76. The van der Waals surface area contributed by atoms with Crippen LogP contribution in [0.25, 0.3) is 22.5 Å². The van der Waals surface area contributed by atoms with E-state index in [0.29, 0.717) is 6.42 Å². The summed E-state index contributed by atoms with van der Waals surface area (Å²) in [4.78, 5) is 0. The van der Waals surface area contributed by atoms with Gasteiger partial charge in [-0.15, -0.1) is 0 Å². The van der Waals surface area contributed by atoms with Crippen LogP contribution in [0.2, 0.25) is 0 Å². The maximum Gasteiger partial charge on any atom is 0.134 e. The second-order valence-electron chi connectivity index (χ2n) is 5.26. The van der Waals surface area contributed by atoms with E-state index in [1.165, 1.54) is 11.1 Å². The summed E-state index contributed by atoms with van der Waals surface area (Å²) in [5.41, 5.74) is 3.44. The molecule has 2 heteroatoms. The molecule has 0 bridgehead atoms. The van der Waals surface area contributed by atoms with Gasteiger partial charge in [-0.1, -0.05) is 54.6 Å². The van der Waals surface area contributed by atoms with Crippen LogP contribution in [-0.2, 0) is 6.42 Å². The summed E-state index contributed by atoms with van der Waals surface area (Å²) >= 11 is 0. The van der Waals surface area contributed by atoms with Crippen molar-refractivity contribution in [3.63, 3.8) is 0 Å². The topological polar surface area (TPSA) is 33.4 Å². The van der Waals surface area contributed by atoms with Crippen molar-refractivity contribution in [2.24, 2.45) is 0 Å². The predicted octanol–water partition coefficient (Wildman–Crippen LogP) is 4.54. The van der Waals surface area contributed by atoms with E-state index in [-0.39, 0.29) is 6.10 Å². The fourth-order valence-corrected chi connectivity index (χ4v) is 2.39. The first kappa shape index (κ1) is 13.7. The Kier molecular flexibility index (Phi) is 3.89. The monoisotopic (exact) mass is 278 g/mol. The van der Waals surface area contributed by atoms with Crippen LogP contribution >= 0.6 is 0 Å². The van der Waals surface area contributed by atoms with Crippen LogP contribution in [0.4, 0.5) is 0 Å². The number of aliphatic hydroxyl groups is 1. The first-order valence-corrected chi connectivity index (χ1v) is 7.15. The van der Waals surface area contributed by atoms with Gasteiger partial charge in [0.05, 0.1) is 6.10 Å². The minimum absolute atomic E-state index is 0.385. The summed E-state index contributed by atoms with van der Waals surface area (Å²) in [5.74, 6) is 1.65. The van der Waals surface area contributed by atoms with Crippen LogP contribution in [0, 0.1) is 0 Å². The van der Waals surface area contributed by atoms with Crippen LogP contribution in [-0.4, -0.2) is 11.2 Å². The van der Waals surface area contributed by atoms with Crippen molar-refractivity contribution in [1.29, 1.82) is 0 Å². The second-order valence-corrected chi connectivity index (χ2v) is 5.26. The molecule has 0 saturated heterocycles. The number of hydrogen-bond donors (Lipinski definition) is 1. The third-order valence-electron chi connectivity index (χ3n) is 3.43. The van der Waals surface area contributed by atoms with Crippen molar-refractivity contribution in [3.05, 3.63) is 72.5 Å². The first-order chi connectivity index (χ1) is 10.2. The van der Waals surface area contributed by atoms with Crippen LogP contribution in [0.1, 0.15) is 12.7 Å².